The molecule has 1 saturated heterocycles. The third-order valence-corrected chi connectivity index (χ3v) is 7.80. The second-order valence-corrected chi connectivity index (χ2v) is 10.0. The van der Waals surface area contributed by atoms with Gasteiger partial charge in [0, 0.05) is 39.9 Å². The number of para-hydroxylation sites is 1. The largest absolute Gasteiger partial charge is 0.487 e. The van der Waals surface area contributed by atoms with Crippen molar-refractivity contribution in [1.29, 1.82) is 0 Å². The highest BCUT2D eigenvalue weighted by atomic mass is 32.2. The van der Waals surface area contributed by atoms with Crippen LogP contribution in [0.25, 0.3) is 0 Å². The smallest absolute Gasteiger partial charge is 0.247 e. The topological polar surface area (TPSA) is 83.1 Å². The van der Waals surface area contributed by atoms with E-state index in [0.717, 1.165) is 12.2 Å². The van der Waals surface area contributed by atoms with Crippen molar-refractivity contribution in [1.82, 2.24) is 19.1 Å². The van der Waals surface area contributed by atoms with Crippen molar-refractivity contribution < 1.29 is 17.9 Å². The van der Waals surface area contributed by atoms with Crippen LogP contribution in [0.3, 0.4) is 0 Å². The third-order valence-electron chi connectivity index (χ3n) is 5.89. The van der Waals surface area contributed by atoms with Gasteiger partial charge in [-0.3, -0.25) is 14.7 Å². The Bertz CT molecular complexity index is 1030. The first-order chi connectivity index (χ1) is 14.9. The number of likely N-dealkylation sites (N-methyl/N-ethyl adjacent to an activating group) is 1. The molecule has 1 fully saturated rings. The highest BCUT2D eigenvalue weighted by molar-refractivity contribution is 7.89. The van der Waals surface area contributed by atoms with E-state index in [9.17, 15) is 13.2 Å². The number of hydrogen-bond donors (Lipinski definition) is 0. The van der Waals surface area contributed by atoms with Gasteiger partial charge >= 0.3 is 0 Å². The fourth-order valence-electron chi connectivity index (χ4n) is 4.17. The van der Waals surface area contributed by atoms with E-state index >= 15 is 0 Å². The van der Waals surface area contributed by atoms with Gasteiger partial charge in [0.1, 0.15) is 16.7 Å². The number of nitrogens with zero attached hydrogens (tertiary/aromatic N) is 4. The van der Waals surface area contributed by atoms with E-state index in [2.05, 4.69) is 9.88 Å². The van der Waals surface area contributed by atoms with E-state index in [1.165, 1.54) is 9.21 Å². The Balaban J connectivity index is 1.65. The summed E-state index contributed by atoms with van der Waals surface area (Å²) in [5.41, 5.74) is 0.975. The number of ether oxygens (including phenoxy) is 1. The minimum atomic E-state index is -3.88. The zero-order valence-electron chi connectivity index (χ0n) is 17.8. The quantitative estimate of drug-likeness (QED) is 0.712. The average Bonchev–Trinajstić information content (AvgIpc) is 2.99. The molecule has 0 radical (unpaired) electrons. The van der Waals surface area contributed by atoms with Gasteiger partial charge < -0.3 is 9.64 Å². The Morgan fingerprint density at radius 1 is 1.13 bits per heavy atom. The summed E-state index contributed by atoms with van der Waals surface area (Å²) < 4.78 is 34.8. The first-order valence-corrected chi connectivity index (χ1v) is 11.9. The summed E-state index contributed by atoms with van der Waals surface area (Å²) in [6, 6.07) is 12.1. The molecule has 2 aliphatic rings. The number of sulfonamides is 1. The molecule has 9 heteroatoms. The molecule has 0 aliphatic carbocycles. The fraction of sp³-hybridized carbons (Fsp3) is 0.455. The van der Waals surface area contributed by atoms with Crippen LogP contribution < -0.4 is 4.74 Å². The van der Waals surface area contributed by atoms with Crippen molar-refractivity contribution in [3.8, 4) is 5.75 Å². The van der Waals surface area contributed by atoms with Crippen LogP contribution in [0.2, 0.25) is 0 Å². The number of amides is 1. The summed E-state index contributed by atoms with van der Waals surface area (Å²) in [6.07, 6.45) is 2.68. The lowest BCUT2D eigenvalue weighted by atomic mass is 10.1. The van der Waals surface area contributed by atoms with Crippen molar-refractivity contribution in [2.75, 3.05) is 33.7 Å². The Morgan fingerprint density at radius 3 is 2.61 bits per heavy atom. The first-order valence-electron chi connectivity index (χ1n) is 10.5. The van der Waals surface area contributed by atoms with Gasteiger partial charge in [-0.05, 0) is 37.1 Å². The van der Waals surface area contributed by atoms with Crippen LogP contribution in [0.5, 0.6) is 5.75 Å². The molecule has 1 aromatic carbocycles. The number of rotatable bonds is 4. The summed E-state index contributed by atoms with van der Waals surface area (Å²) in [7, 11) is -0.610. The second-order valence-electron chi connectivity index (χ2n) is 8.18. The Morgan fingerprint density at radius 2 is 1.87 bits per heavy atom. The number of hydrogen-bond acceptors (Lipinski definition) is 6. The van der Waals surface area contributed by atoms with Crippen LogP contribution in [0, 0.1) is 0 Å². The number of likely N-dealkylation sites (tertiary alicyclic amines) is 1. The van der Waals surface area contributed by atoms with Crippen LogP contribution in [0.15, 0.2) is 53.6 Å². The molecule has 4 rings (SSSR count). The van der Waals surface area contributed by atoms with Gasteiger partial charge in [-0.2, -0.15) is 4.31 Å². The average molecular weight is 445 g/mol. The number of carbonyl (C=O) groups excluding carboxylic acids is 1. The van der Waals surface area contributed by atoms with Crippen LogP contribution in [-0.4, -0.2) is 79.3 Å². The molecule has 2 atom stereocenters. The molecule has 0 N–H and O–H groups in total. The lowest BCUT2D eigenvalue weighted by molar-refractivity contribution is -0.129. The molecule has 0 bridgehead atoms. The molecule has 31 heavy (non-hydrogen) atoms. The fourth-order valence-corrected chi connectivity index (χ4v) is 5.92. The molecule has 1 aromatic heterocycles. The maximum Gasteiger partial charge on any atom is 0.247 e. The summed E-state index contributed by atoms with van der Waals surface area (Å²) in [6.45, 7) is 1.95. The SMILES string of the molecule is CN(C)C(=O)CN1[C@H]2CCN(Cc3ccccn3)CC[C@@H]2Oc2ccccc2S1(=O)=O. The minimum Gasteiger partial charge on any atom is -0.487 e. The van der Waals surface area contributed by atoms with Gasteiger partial charge in [0.25, 0.3) is 0 Å². The monoisotopic (exact) mass is 444 g/mol. The summed E-state index contributed by atoms with van der Waals surface area (Å²) >= 11 is 0. The second kappa shape index (κ2) is 8.94. The van der Waals surface area contributed by atoms with Crippen LogP contribution in [0.1, 0.15) is 18.5 Å². The van der Waals surface area contributed by atoms with Crippen molar-refractivity contribution in [3.63, 3.8) is 0 Å². The number of carbonyl (C=O) groups is 1. The van der Waals surface area contributed by atoms with E-state index in [4.69, 9.17) is 4.74 Å². The van der Waals surface area contributed by atoms with Gasteiger partial charge in [-0.15, -0.1) is 0 Å². The molecule has 0 unspecified atom stereocenters. The number of fused-ring (bicyclic) bond motifs is 2. The van der Waals surface area contributed by atoms with E-state index in [0.29, 0.717) is 31.7 Å². The van der Waals surface area contributed by atoms with Crippen molar-refractivity contribution in [2.45, 2.75) is 36.4 Å². The van der Waals surface area contributed by atoms with Crippen LogP contribution >= 0.6 is 0 Å². The molecular formula is C22H28N4O4S. The van der Waals surface area contributed by atoms with Crippen LogP contribution in [-0.2, 0) is 21.4 Å². The number of aromatic nitrogens is 1. The number of pyridine rings is 1. The molecule has 1 amide bonds. The Kier molecular flexibility index (Phi) is 6.27. The Labute approximate surface area is 183 Å². The van der Waals surface area contributed by atoms with Crippen molar-refractivity contribution >= 4 is 15.9 Å². The van der Waals surface area contributed by atoms with E-state index in [1.54, 1.807) is 44.6 Å². The molecule has 0 spiro atoms. The number of benzene rings is 1. The predicted molar refractivity (Wildman–Crippen MR) is 116 cm³/mol. The van der Waals surface area contributed by atoms with Crippen LogP contribution in [0.4, 0.5) is 0 Å². The standard InChI is InChI=1S/C22H28N4O4S/c1-24(2)22(27)16-26-18-10-13-25(15-17-7-5-6-12-23-17)14-11-19(18)30-20-8-3-4-9-21(20)31(26,28)29/h3-9,12,18-19H,10-11,13-16H2,1-2H3/t18-,19-/m0/s1. The molecule has 2 aromatic rings. The van der Waals surface area contributed by atoms with Gasteiger partial charge in [0.15, 0.2) is 0 Å². The predicted octanol–water partition coefficient (Wildman–Crippen LogP) is 1.59. The lowest BCUT2D eigenvalue weighted by Gasteiger charge is -2.32. The minimum absolute atomic E-state index is 0.125. The van der Waals surface area contributed by atoms with E-state index in [-0.39, 0.29) is 23.5 Å². The van der Waals surface area contributed by atoms with Crippen molar-refractivity contribution in [3.05, 3.63) is 54.4 Å². The van der Waals surface area contributed by atoms with Crippen molar-refractivity contribution in [2.24, 2.45) is 0 Å². The third kappa shape index (κ3) is 4.58. The van der Waals surface area contributed by atoms with E-state index in [1.807, 2.05) is 18.2 Å². The van der Waals surface area contributed by atoms with Gasteiger partial charge in [-0.1, -0.05) is 18.2 Å². The maximum atomic E-state index is 13.6. The van der Waals surface area contributed by atoms with Gasteiger partial charge in [-0.25, -0.2) is 8.42 Å². The normalized spacial score (nSPS) is 23.5. The zero-order valence-corrected chi connectivity index (χ0v) is 18.7. The van der Waals surface area contributed by atoms with E-state index < -0.39 is 16.1 Å². The summed E-state index contributed by atoms with van der Waals surface area (Å²) in [4.78, 5) is 20.8. The highest BCUT2D eigenvalue weighted by Gasteiger charge is 2.44. The maximum absolute atomic E-state index is 13.6. The summed E-state index contributed by atoms with van der Waals surface area (Å²) in [5.74, 6) is 0.103. The zero-order chi connectivity index (χ0) is 22.0. The Hall–Kier alpha value is -2.49. The van der Waals surface area contributed by atoms with Gasteiger partial charge in [0.05, 0.1) is 18.3 Å². The molecule has 166 valence electrons. The molecule has 0 saturated carbocycles. The molecule has 3 heterocycles. The van der Waals surface area contributed by atoms with Gasteiger partial charge in [0.2, 0.25) is 15.9 Å². The molecule has 8 nitrogen and oxygen atoms in total. The molecule has 2 aliphatic heterocycles. The summed E-state index contributed by atoms with van der Waals surface area (Å²) in [5, 5.41) is 0. The first kappa shape index (κ1) is 21.7. The lowest BCUT2D eigenvalue weighted by Crippen LogP contribution is -2.50. The molecular weight excluding hydrogens is 416 g/mol. The highest BCUT2D eigenvalue weighted by Crippen LogP contribution is 2.36.